The highest BCUT2D eigenvalue weighted by Gasteiger charge is 2.41. The van der Waals surface area contributed by atoms with Gasteiger partial charge in [-0.1, -0.05) is 101 Å². The summed E-state index contributed by atoms with van der Waals surface area (Å²) in [6.07, 6.45) is -0.139. The summed E-state index contributed by atoms with van der Waals surface area (Å²) in [7, 11) is -3.72. The highest BCUT2D eigenvalue weighted by atomic mass is 28.4. The first-order valence-electron chi connectivity index (χ1n) is 12.8. The van der Waals surface area contributed by atoms with Gasteiger partial charge in [0.25, 0.3) is 0 Å². The van der Waals surface area contributed by atoms with Gasteiger partial charge in [0.2, 0.25) is 0 Å². The Labute approximate surface area is 200 Å². The summed E-state index contributed by atoms with van der Waals surface area (Å²) in [5, 5.41) is 0. The lowest BCUT2D eigenvalue weighted by Gasteiger charge is -2.41. The van der Waals surface area contributed by atoms with Gasteiger partial charge in [-0.25, -0.2) is 0 Å². The molecule has 0 N–H and O–H groups in total. The second-order valence-corrected chi connectivity index (χ2v) is 18.8. The summed E-state index contributed by atoms with van der Waals surface area (Å²) in [5.41, 5.74) is 5.08. The topological polar surface area (TPSA) is 18.5 Å². The van der Waals surface area contributed by atoms with Gasteiger partial charge >= 0.3 is 0 Å². The van der Waals surface area contributed by atoms with Gasteiger partial charge in [0, 0.05) is 0 Å². The van der Waals surface area contributed by atoms with Crippen molar-refractivity contribution < 1.29 is 8.85 Å². The summed E-state index contributed by atoms with van der Waals surface area (Å²) >= 11 is 0. The molecular formula is C28H46O2Si2. The molecule has 0 bridgehead atoms. The highest BCUT2D eigenvalue weighted by Crippen LogP contribution is 2.43. The first kappa shape index (κ1) is 27.0. The maximum Gasteiger partial charge on any atom is 0.193 e. The molecule has 0 aliphatic heterocycles. The van der Waals surface area contributed by atoms with E-state index in [-0.39, 0.29) is 12.2 Å². The number of hydrogen-bond donors (Lipinski definition) is 0. The Morgan fingerprint density at radius 1 is 0.562 bits per heavy atom. The van der Waals surface area contributed by atoms with Crippen LogP contribution in [0.4, 0.5) is 0 Å². The second-order valence-electron chi connectivity index (χ2n) is 9.39. The van der Waals surface area contributed by atoms with Crippen LogP contribution >= 0.6 is 0 Å². The summed E-state index contributed by atoms with van der Waals surface area (Å²) in [6, 6.07) is 24.6. The van der Waals surface area contributed by atoms with Crippen molar-refractivity contribution in [2.45, 2.75) is 104 Å². The standard InChI is InChI=1S/C28H46O2Si2/c1-9-31(10-2,11-3)29-27(25-19-15-17-23(7)21-25)28(26-20-16-18-24(8)22-26)30-32(12-4,13-5)14-6/h15-22,27-28H,9-14H2,1-8H3. The Hall–Kier alpha value is -1.21. The van der Waals surface area contributed by atoms with Gasteiger partial charge in [-0.05, 0) is 61.2 Å². The van der Waals surface area contributed by atoms with Gasteiger partial charge in [0.15, 0.2) is 16.6 Å². The normalized spacial score (nSPS) is 14.4. The quantitative estimate of drug-likeness (QED) is 0.272. The minimum absolute atomic E-state index is 0.0697. The summed E-state index contributed by atoms with van der Waals surface area (Å²) in [5.74, 6) is 0. The van der Waals surface area contributed by atoms with Crippen LogP contribution in [0, 0.1) is 13.8 Å². The minimum Gasteiger partial charge on any atom is -0.407 e. The minimum atomic E-state index is -1.86. The van der Waals surface area contributed by atoms with Gasteiger partial charge in [-0.15, -0.1) is 0 Å². The molecule has 32 heavy (non-hydrogen) atoms. The van der Waals surface area contributed by atoms with Crippen molar-refractivity contribution in [1.82, 2.24) is 0 Å². The maximum atomic E-state index is 7.30. The van der Waals surface area contributed by atoms with Gasteiger partial charge in [0.1, 0.15) is 0 Å². The third-order valence-electron chi connectivity index (χ3n) is 7.64. The number of benzene rings is 2. The Balaban J connectivity index is 2.69. The average Bonchev–Trinajstić information content (AvgIpc) is 2.82. The van der Waals surface area contributed by atoms with Crippen molar-refractivity contribution in [1.29, 1.82) is 0 Å². The fourth-order valence-electron chi connectivity index (χ4n) is 4.84. The van der Waals surface area contributed by atoms with E-state index >= 15 is 0 Å². The highest BCUT2D eigenvalue weighted by molar-refractivity contribution is 6.74. The van der Waals surface area contributed by atoms with Crippen LogP contribution in [0.1, 0.15) is 76.0 Å². The molecule has 0 aliphatic rings. The third kappa shape index (κ3) is 6.43. The Morgan fingerprint density at radius 2 is 0.875 bits per heavy atom. The molecule has 0 fully saturated rings. The first-order valence-corrected chi connectivity index (χ1v) is 17.9. The van der Waals surface area contributed by atoms with Crippen LogP contribution in [0.3, 0.4) is 0 Å². The fourth-order valence-corrected chi connectivity index (χ4v) is 10.4. The van der Waals surface area contributed by atoms with Gasteiger partial charge in [-0.2, -0.15) is 0 Å². The Morgan fingerprint density at radius 3 is 1.12 bits per heavy atom. The predicted molar refractivity (Wildman–Crippen MR) is 144 cm³/mol. The second kappa shape index (κ2) is 12.3. The van der Waals surface area contributed by atoms with E-state index in [9.17, 15) is 0 Å². The molecule has 4 heteroatoms. The molecule has 0 saturated carbocycles. The van der Waals surface area contributed by atoms with Crippen molar-refractivity contribution in [2.24, 2.45) is 0 Å². The van der Waals surface area contributed by atoms with Crippen LogP contribution in [0.15, 0.2) is 48.5 Å². The van der Waals surface area contributed by atoms with Crippen LogP contribution in [0.5, 0.6) is 0 Å². The zero-order valence-corrected chi connectivity index (χ0v) is 23.8. The largest absolute Gasteiger partial charge is 0.407 e. The molecule has 2 unspecified atom stereocenters. The lowest BCUT2D eigenvalue weighted by molar-refractivity contribution is 0.0365. The molecule has 2 aromatic rings. The Kier molecular flexibility index (Phi) is 10.4. The molecule has 0 radical (unpaired) electrons. The number of rotatable bonds is 13. The van der Waals surface area contributed by atoms with E-state index in [0.29, 0.717) is 0 Å². The van der Waals surface area contributed by atoms with Gasteiger partial charge < -0.3 is 8.85 Å². The van der Waals surface area contributed by atoms with Crippen LogP contribution in [-0.2, 0) is 8.85 Å². The third-order valence-corrected chi connectivity index (χ3v) is 16.9. The van der Waals surface area contributed by atoms with E-state index in [4.69, 9.17) is 8.85 Å². The van der Waals surface area contributed by atoms with Gasteiger partial charge in [0.05, 0.1) is 12.2 Å². The van der Waals surface area contributed by atoms with E-state index in [2.05, 4.69) is 104 Å². The fraction of sp³-hybridized carbons (Fsp3) is 0.571. The molecule has 2 nitrogen and oxygen atoms in total. The van der Waals surface area contributed by atoms with Crippen molar-refractivity contribution >= 4 is 16.6 Å². The van der Waals surface area contributed by atoms with Crippen LogP contribution in [0.2, 0.25) is 36.3 Å². The van der Waals surface area contributed by atoms with Crippen molar-refractivity contribution in [3.8, 4) is 0 Å². The molecule has 0 aliphatic carbocycles. The molecule has 0 heterocycles. The van der Waals surface area contributed by atoms with Crippen LogP contribution < -0.4 is 0 Å². The summed E-state index contributed by atoms with van der Waals surface area (Å²) in [6.45, 7) is 18.3. The molecule has 178 valence electrons. The van der Waals surface area contributed by atoms with Crippen molar-refractivity contribution in [3.63, 3.8) is 0 Å². The van der Waals surface area contributed by atoms with Crippen LogP contribution in [-0.4, -0.2) is 16.6 Å². The molecule has 2 aromatic carbocycles. The molecular weight excluding hydrogens is 424 g/mol. The smallest absolute Gasteiger partial charge is 0.193 e. The molecule has 2 atom stereocenters. The lowest BCUT2D eigenvalue weighted by atomic mass is 9.96. The van der Waals surface area contributed by atoms with Gasteiger partial charge in [-0.3, -0.25) is 0 Å². The molecule has 0 spiro atoms. The van der Waals surface area contributed by atoms with E-state index in [0.717, 1.165) is 36.3 Å². The SMILES string of the molecule is CC[Si](CC)(CC)OC(c1cccc(C)c1)C(O[Si](CC)(CC)CC)c1cccc(C)c1. The van der Waals surface area contributed by atoms with Crippen molar-refractivity contribution in [2.75, 3.05) is 0 Å². The number of hydrogen-bond acceptors (Lipinski definition) is 2. The summed E-state index contributed by atoms with van der Waals surface area (Å²) in [4.78, 5) is 0. The zero-order valence-electron chi connectivity index (χ0n) is 21.8. The average molecular weight is 471 g/mol. The molecule has 0 aromatic heterocycles. The molecule has 2 rings (SSSR count). The van der Waals surface area contributed by atoms with E-state index in [1.54, 1.807) is 0 Å². The monoisotopic (exact) mass is 470 g/mol. The number of aryl methyl sites for hydroxylation is 2. The lowest BCUT2D eigenvalue weighted by Crippen LogP contribution is -2.43. The molecule has 0 amide bonds. The zero-order chi connectivity index (χ0) is 23.8. The Bertz CT molecular complexity index is 742. The van der Waals surface area contributed by atoms with Crippen LogP contribution in [0.25, 0.3) is 0 Å². The summed E-state index contributed by atoms with van der Waals surface area (Å²) < 4.78 is 14.6. The van der Waals surface area contributed by atoms with Crippen molar-refractivity contribution in [3.05, 3.63) is 70.8 Å². The van der Waals surface area contributed by atoms with E-state index in [1.165, 1.54) is 22.3 Å². The van der Waals surface area contributed by atoms with E-state index in [1.807, 2.05) is 0 Å². The van der Waals surface area contributed by atoms with E-state index < -0.39 is 16.6 Å². The first-order chi connectivity index (χ1) is 15.3. The molecule has 0 saturated heterocycles. The maximum absolute atomic E-state index is 7.30. The predicted octanol–water partition coefficient (Wildman–Crippen LogP) is 9.13.